The summed E-state index contributed by atoms with van der Waals surface area (Å²) in [4.78, 5) is 16.9. The molecular formula is C22H25N3O3S2. The van der Waals surface area contributed by atoms with Crippen LogP contribution in [0, 0.1) is 0 Å². The number of nitrogens with one attached hydrogen (secondary N) is 2. The molecule has 1 heterocycles. The minimum absolute atomic E-state index is 0.0890. The summed E-state index contributed by atoms with van der Waals surface area (Å²) in [5.74, 6) is -0.0890. The van der Waals surface area contributed by atoms with Gasteiger partial charge in [-0.3, -0.25) is 4.79 Å². The van der Waals surface area contributed by atoms with Crippen molar-refractivity contribution in [1.29, 1.82) is 0 Å². The Bertz CT molecular complexity index is 1090. The number of sulfonamides is 1. The van der Waals surface area contributed by atoms with E-state index in [0.717, 1.165) is 40.2 Å². The first-order chi connectivity index (χ1) is 14.3. The second-order valence-electron chi connectivity index (χ2n) is 7.02. The summed E-state index contributed by atoms with van der Waals surface area (Å²) in [5.41, 5.74) is 4.85. The van der Waals surface area contributed by atoms with Crippen molar-refractivity contribution in [1.82, 2.24) is 9.71 Å². The molecule has 1 amide bonds. The number of rotatable bonds is 9. The van der Waals surface area contributed by atoms with Crippen LogP contribution >= 0.6 is 11.3 Å². The van der Waals surface area contributed by atoms with Gasteiger partial charge in [0.05, 0.1) is 18.4 Å². The van der Waals surface area contributed by atoms with Gasteiger partial charge in [0, 0.05) is 23.2 Å². The molecule has 0 atom stereocenters. The zero-order chi connectivity index (χ0) is 21.6. The van der Waals surface area contributed by atoms with Gasteiger partial charge < -0.3 is 5.32 Å². The molecule has 0 fully saturated rings. The Morgan fingerprint density at radius 1 is 1.03 bits per heavy atom. The lowest BCUT2D eigenvalue weighted by molar-refractivity contribution is -0.115. The summed E-state index contributed by atoms with van der Waals surface area (Å²) in [6.45, 7) is 2.47. The van der Waals surface area contributed by atoms with Crippen LogP contribution in [-0.4, -0.2) is 32.1 Å². The molecule has 0 aliphatic rings. The molecule has 0 saturated carbocycles. The lowest BCUT2D eigenvalue weighted by Gasteiger charge is -2.05. The Morgan fingerprint density at radius 2 is 1.70 bits per heavy atom. The van der Waals surface area contributed by atoms with Gasteiger partial charge in [0.1, 0.15) is 5.01 Å². The molecule has 0 aliphatic carbocycles. The molecule has 1 aromatic heterocycles. The second-order valence-corrected chi connectivity index (χ2v) is 9.79. The van der Waals surface area contributed by atoms with Crippen molar-refractivity contribution < 1.29 is 13.2 Å². The number of nitrogens with zero attached hydrogens (tertiary/aromatic N) is 1. The van der Waals surface area contributed by atoms with Crippen molar-refractivity contribution in [3.8, 4) is 11.3 Å². The summed E-state index contributed by atoms with van der Waals surface area (Å²) in [7, 11) is -3.17. The smallest absolute Gasteiger partial charge is 0.231 e. The Morgan fingerprint density at radius 3 is 2.33 bits per heavy atom. The number of thiazole rings is 1. The molecule has 2 N–H and O–H groups in total. The first-order valence-corrected chi connectivity index (χ1v) is 12.5. The number of anilines is 1. The molecule has 6 nitrogen and oxygen atoms in total. The summed E-state index contributed by atoms with van der Waals surface area (Å²) < 4.78 is 24.7. The highest BCUT2D eigenvalue weighted by Gasteiger charge is 2.10. The maximum atomic E-state index is 12.3. The van der Waals surface area contributed by atoms with Gasteiger partial charge in [-0.25, -0.2) is 18.1 Å². The van der Waals surface area contributed by atoms with Crippen LogP contribution in [-0.2, 0) is 34.1 Å². The van der Waals surface area contributed by atoms with Gasteiger partial charge in [-0.15, -0.1) is 11.3 Å². The average molecular weight is 444 g/mol. The lowest BCUT2D eigenvalue weighted by atomic mass is 10.1. The molecule has 2 aromatic carbocycles. The number of carbonyl (C=O) groups is 1. The Labute approximate surface area is 181 Å². The van der Waals surface area contributed by atoms with Crippen LogP contribution in [0.15, 0.2) is 53.9 Å². The molecular weight excluding hydrogens is 418 g/mol. The molecule has 158 valence electrons. The number of hydrogen-bond acceptors (Lipinski definition) is 5. The fraction of sp³-hybridized carbons (Fsp3) is 0.273. The standard InChI is InChI=1S/C22H25N3O3S2/c1-3-16-6-10-19(11-7-16)24-21(26)14-22-25-20(15-29-22)18-8-4-17(5-9-18)12-13-23-30(2,27)28/h4-11,15,23H,3,12-14H2,1-2H3,(H,24,26). The summed E-state index contributed by atoms with van der Waals surface area (Å²) in [6, 6.07) is 15.7. The minimum atomic E-state index is -3.17. The van der Waals surface area contributed by atoms with Crippen LogP contribution < -0.4 is 10.0 Å². The van der Waals surface area contributed by atoms with E-state index in [-0.39, 0.29) is 12.3 Å². The van der Waals surface area contributed by atoms with Gasteiger partial charge in [-0.1, -0.05) is 43.3 Å². The number of hydrogen-bond donors (Lipinski definition) is 2. The first kappa shape index (κ1) is 22.1. The van der Waals surface area contributed by atoms with Crippen molar-refractivity contribution in [3.63, 3.8) is 0 Å². The van der Waals surface area contributed by atoms with E-state index in [1.54, 1.807) is 0 Å². The van der Waals surface area contributed by atoms with E-state index in [2.05, 4.69) is 21.9 Å². The fourth-order valence-electron chi connectivity index (χ4n) is 2.91. The van der Waals surface area contributed by atoms with Crippen LogP contribution in [0.1, 0.15) is 23.1 Å². The first-order valence-electron chi connectivity index (χ1n) is 9.69. The zero-order valence-corrected chi connectivity index (χ0v) is 18.6. The molecule has 0 radical (unpaired) electrons. The topological polar surface area (TPSA) is 88.2 Å². The Hall–Kier alpha value is -2.55. The molecule has 30 heavy (non-hydrogen) atoms. The zero-order valence-electron chi connectivity index (χ0n) is 17.0. The van der Waals surface area contributed by atoms with E-state index in [9.17, 15) is 13.2 Å². The van der Waals surface area contributed by atoms with Gasteiger partial charge in [0.2, 0.25) is 15.9 Å². The van der Waals surface area contributed by atoms with Gasteiger partial charge in [0.25, 0.3) is 0 Å². The molecule has 3 aromatic rings. The molecule has 0 aliphatic heterocycles. The maximum Gasteiger partial charge on any atom is 0.231 e. The third-order valence-electron chi connectivity index (χ3n) is 4.54. The molecule has 0 unspecified atom stereocenters. The maximum absolute atomic E-state index is 12.3. The number of aromatic nitrogens is 1. The van der Waals surface area contributed by atoms with Gasteiger partial charge in [-0.2, -0.15) is 0 Å². The van der Waals surface area contributed by atoms with Crippen molar-refractivity contribution in [2.45, 2.75) is 26.2 Å². The molecule has 0 saturated heterocycles. The van der Waals surface area contributed by atoms with E-state index < -0.39 is 10.0 Å². The predicted molar refractivity (Wildman–Crippen MR) is 122 cm³/mol. The van der Waals surface area contributed by atoms with Crippen molar-refractivity contribution in [2.24, 2.45) is 0 Å². The highest BCUT2D eigenvalue weighted by molar-refractivity contribution is 7.88. The van der Waals surface area contributed by atoms with Crippen LogP contribution in [0.3, 0.4) is 0 Å². The molecule has 3 rings (SSSR count). The second kappa shape index (κ2) is 9.97. The largest absolute Gasteiger partial charge is 0.326 e. The number of aryl methyl sites for hydroxylation is 1. The van der Waals surface area contributed by atoms with Crippen molar-refractivity contribution >= 4 is 33.0 Å². The summed E-state index contributed by atoms with van der Waals surface area (Å²) in [6.07, 6.45) is 2.97. The van der Waals surface area contributed by atoms with Crippen molar-refractivity contribution in [2.75, 3.05) is 18.1 Å². The molecule has 8 heteroatoms. The third kappa shape index (κ3) is 6.76. The number of amides is 1. The monoisotopic (exact) mass is 443 g/mol. The van der Waals surface area contributed by atoms with Crippen LogP contribution in [0.4, 0.5) is 5.69 Å². The van der Waals surface area contributed by atoms with Gasteiger partial charge >= 0.3 is 0 Å². The fourth-order valence-corrected chi connectivity index (χ4v) is 4.19. The van der Waals surface area contributed by atoms with Gasteiger partial charge in [0.15, 0.2) is 0 Å². The van der Waals surface area contributed by atoms with Crippen molar-refractivity contribution in [3.05, 3.63) is 70.0 Å². The summed E-state index contributed by atoms with van der Waals surface area (Å²) in [5, 5.41) is 5.61. The Balaban J connectivity index is 1.55. The summed E-state index contributed by atoms with van der Waals surface area (Å²) >= 11 is 1.46. The lowest BCUT2D eigenvalue weighted by Crippen LogP contribution is -2.24. The van der Waals surface area contributed by atoms with Gasteiger partial charge in [-0.05, 0) is 36.1 Å². The Kier molecular flexibility index (Phi) is 7.36. The quantitative estimate of drug-likeness (QED) is 0.528. The third-order valence-corrected chi connectivity index (χ3v) is 6.11. The average Bonchev–Trinajstić information content (AvgIpc) is 3.16. The molecule has 0 spiro atoms. The molecule has 0 bridgehead atoms. The van der Waals surface area contributed by atoms with Crippen LogP contribution in [0.2, 0.25) is 0 Å². The normalized spacial score (nSPS) is 11.4. The highest BCUT2D eigenvalue weighted by Crippen LogP contribution is 2.23. The highest BCUT2D eigenvalue weighted by atomic mass is 32.2. The SMILES string of the molecule is CCc1ccc(NC(=O)Cc2nc(-c3ccc(CCNS(C)(=O)=O)cc3)cs2)cc1. The van der Waals surface area contributed by atoms with E-state index >= 15 is 0 Å². The van der Waals surface area contributed by atoms with Crippen LogP contribution in [0.25, 0.3) is 11.3 Å². The van der Waals surface area contributed by atoms with E-state index in [4.69, 9.17) is 0 Å². The predicted octanol–water partition coefficient (Wildman–Crippen LogP) is 3.65. The van der Waals surface area contributed by atoms with E-state index in [0.29, 0.717) is 13.0 Å². The van der Waals surface area contributed by atoms with E-state index in [1.165, 1.54) is 16.9 Å². The van der Waals surface area contributed by atoms with E-state index in [1.807, 2.05) is 53.9 Å². The number of carbonyl (C=O) groups excluding carboxylic acids is 1. The van der Waals surface area contributed by atoms with Crippen LogP contribution in [0.5, 0.6) is 0 Å². The minimum Gasteiger partial charge on any atom is -0.326 e. The number of benzene rings is 2.